The highest BCUT2D eigenvalue weighted by molar-refractivity contribution is 7.90. The van der Waals surface area contributed by atoms with E-state index in [1.807, 2.05) is 0 Å². The van der Waals surface area contributed by atoms with Crippen LogP contribution in [0.1, 0.15) is 38.5 Å². The van der Waals surface area contributed by atoms with Crippen LogP contribution in [-0.2, 0) is 9.84 Å². The highest BCUT2D eigenvalue weighted by Crippen LogP contribution is 2.61. The predicted octanol–water partition coefficient (Wildman–Crippen LogP) is 1.59. The zero-order valence-corrected chi connectivity index (χ0v) is 11.4. The molecule has 17 heavy (non-hydrogen) atoms. The van der Waals surface area contributed by atoms with E-state index in [9.17, 15) is 8.42 Å². The van der Waals surface area contributed by atoms with Gasteiger partial charge in [-0.05, 0) is 55.8 Å². The monoisotopic (exact) mass is 257 g/mol. The first-order valence-corrected chi connectivity index (χ1v) is 8.93. The fourth-order valence-electron chi connectivity index (χ4n) is 3.49. The quantitative estimate of drug-likeness (QED) is 0.786. The van der Waals surface area contributed by atoms with E-state index in [1.54, 1.807) is 0 Å². The molecule has 2 atom stereocenters. The van der Waals surface area contributed by atoms with Gasteiger partial charge in [0.25, 0.3) is 0 Å². The second-order valence-electron chi connectivity index (χ2n) is 6.70. The van der Waals surface area contributed by atoms with Crippen molar-refractivity contribution in [2.45, 2.75) is 44.6 Å². The second kappa shape index (κ2) is 3.95. The molecule has 0 bridgehead atoms. The third-order valence-corrected chi connectivity index (χ3v) is 5.75. The molecule has 3 aliphatic carbocycles. The van der Waals surface area contributed by atoms with Gasteiger partial charge < -0.3 is 5.32 Å². The molecule has 0 heterocycles. The Morgan fingerprint density at radius 2 is 1.88 bits per heavy atom. The van der Waals surface area contributed by atoms with Gasteiger partial charge in [0.15, 0.2) is 0 Å². The molecule has 3 aliphatic rings. The highest BCUT2D eigenvalue weighted by atomic mass is 32.2. The summed E-state index contributed by atoms with van der Waals surface area (Å²) < 4.78 is 22.7. The summed E-state index contributed by atoms with van der Waals surface area (Å²) in [4.78, 5) is 0. The third-order valence-electron chi connectivity index (χ3n) is 4.81. The summed E-state index contributed by atoms with van der Waals surface area (Å²) in [6.45, 7) is 1.06. The van der Waals surface area contributed by atoms with E-state index in [4.69, 9.17) is 0 Å². The minimum absolute atomic E-state index is 0.305. The molecule has 0 amide bonds. The van der Waals surface area contributed by atoms with Crippen LogP contribution in [0.3, 0.4) is 0 Å². The molecular weight excluding hydrogens is 234 g/mol. The molecule has 2 unspecified atom stereocenters. The average Bonchev–Trinajstić information content (AvgIpc) is 3.14. The Bertz CT molecular complexity index is 390. The van der Waals surface area contributed by atoms with Gasteiger partial charge in [0.2, 0.25) is 0 Å². The zero-order valence-electron chi connectivity index (χ0n) is 10.6. The van der Waals surface area contributed by atoms with Gasteiger partial charge in [0.05, 0.1) is 5.75 Å². The highest BCUT2D eigenvalue weighted by Gasteiger charge is 2.53. The SMILES string of the molecule is CS(=O)(=O)CCC1(CNC2CC2)CC2CC2C1. The van der Waals surface area contributed by atoms with Gasteiger partial charge in [-0.15, -0.1) is 0 Å². The lowest BCUT2D eigenvalue weighted by Crippen LogP contribution is -2.36. The van der Waals surface area contributed by atoms with Gasteiger partial charge in [-0.1, -0.05) is 0 Å². The fraction of sp³-hybridized carbons (Fsp3) is 1.00. The van der Waals surface area contributed by atoms with Gasteiger partial charge in [-0.3, -0.25) is 0 Å². The minimum Gasteiger partial charge on any atom is -0.313 e. The molecule has 0 aliphatic heterocycles. The molecular formula is C13H23NO2S. The molecule has 3 rings (SSSR count). The molecule has 0 aromatic carbocycles. The lowest BCUT2D eigenvalue weighted by molar-refractivity contribution is 0.240. The first-order chi connectivity index (χ1) is 7.96. The van der Waals surface area contributed by atoms with E-state index in [0.717, 1.165) is 30.8 Å². The van der Waals surface area contributed by atoms with Crippen LogP contribution < -0.4 is 5.32 Å². The Morgan fingerprint density at radius 3 is 2.41 bits per heavy atom. The summed E-state index contributed by atoms with van der Waals surface area (Å²) in [5.41, 5.74) is 0.305. The fourth-order valence-corrected chi connectivity index (χ4v) is 4.30. The lowest BCUT2D eigenvalue weighted by atomic mass is 9.80. The number of rotatable bonds is 6. The number of sulfone groups is 1. The maximum absolute atomic E-state index is 11.4. The van der Waals surface area contributed by atoms with E-state index in [2.05, 4.69) is 5.32 Å². The lowest BCUT2D eigenvalue weighted by Gasteiger charge is -2.31. The van der Waals surface area contributed by atoms with Crippen LogP contribution in [0.15, 0.2) is 0 Å². The summed E-state index contributed by atoms with van der Waals surface area (Å²) in [6, 6.07) is 0.738. The smallest absolute Gasteiger partial charge is 0.147 e. The number of hydrogen-bond acceptors (Lipinski definition) is 3. The second-order valence-corrected chi connectivity index (χ2v) is 8.96. The largest absolute Gasteiger partial charge is 0.313 e. The summed E-state index contributed by atoms with van der Waals surface area (Å²) >= 11 is 0. The van der Waals surface area contributed by atoms with Crippen LogP contribution in [-0.4, -0.2) is 33.0 Å². The van der Waals surface area contributed by atoms with Crippen LogP contribution in [0.4, 0.5) is 0 Å². The van der Waals surface area contributed by atoms with Crippen LogP contribution in [0.2, 0.25) is 0 Å². The molecule has 3 saturated carbocycles. The van der Waals surface area contributed by atoms with Gasteiger partial charge in [0.1, 0.15) is 9.84 Å². The Balaban J connectivity index is 1.59. The van der Waals surface area contributed by atoms with Crippen molar-refractivity contribution >= 4 is 9.84 Å². The van der Waals surface area contributed by atoms with Crippen molar-refractivity contribution < 1.29 is 8.42 Å². The molecule has 0 aromatic heterocycles. The van der Waals surface area contributed by atoms with E-state index in [0.29, 0.717) is 11.2 Å². The molecule has 1 N–H and O–H groups in total. The van der Waals surface area contributed by atoms with Crippen LogP contribution >= 0.6 is 0 Å². The zero-order chi connectivity index (χ0) is 12.1. The summed E-state index contributed by atoms with van der Waals surface area (Å²) in [5.74, 6) is 2.23. The molecule has 0 radical (unpaired) electrons. The van der Waals surface area contributed by atoms with Gasteiger partial charge in [-0.25, -0.2) is 8.42 Å². The predicted molar refractivity (Wildman–Crippen MR) is 68.6 cm³/mol. The summed E-state index contributed by atoms with van der Waals surface area (Å²) in [7, 11) is -2.80. The number of hydrogen-bond donors (Lipinski definition) is 1. The van der Waals surface area contributed by atoms with Crippen molar-refractivity contribution in [3.63, 3.8) is 0 Å². The van der Waals surface area contributed by atoms with Gasteiger partial charge in [-0.2, -0.15) is 0 Å². The maximum Gasteiger partial charge on any atom is 0.147 e. The Hall–Kier alpha value is -0.0900. The Morgan fingerprint density at radius 1 is 1.24 bits per heavy atom. The van der Waals surface area contributed by atoms with Crippen molar-refractivity contribution in [3.8, 4) is 0 Å². The van der Waals surface area contributed by atoms with Crippen molar-refractivity contribution in [2.24, 2.45) is 17.3 Å². The van der Waals surface area contributed by atoms with Crippen LogP contribution in [0.5, 0.6) is 0 Å². The number of fused-ring (bicyclic) bond motifs is 1. The molecule has 0 saturated heterocycles. The van der Waals surface area contributed by atoms with Crippen molar-refractivity contribution in [3.05, 3.63) is 0 Å². The van der Waals surface area contributed by atoms with E-state index in [-0.39, 0.29) is 0 Å². The summed E-state index contributed by atoms with van der Waals surface area (Å²) in [6.07, 6.45) is 8.82. The maximum atomic E-state index is 11.4. The number of nitrogens with one attached hydrogen (secondary N) is 1. The van der Waals surface area contributed by atoms with Gasteiger partial charge in [0, 0.05) is 18.8 Å². The molecule has 0 spiro atoms. The minimum atomic E-state index is -2.80. The van der Waals surface area contributed by atoms with E-state index >= 15 is 0 Å². The average molecular weight is 257 g/mol. The van der Waals surface area contributed by atoms with Crippen molar-refractivity contribution in [1.29, 1.82) is 0 Å². The topological polar surface area (TPSA) is 46.2 Å². The third kappa shape index (κ3) is 3.02. The molecule has 3 nitrogen and oxygen atoms in total. The van der Waals surface area contributed by atoms with E-state index in [1.165, 1.54) is 38.4 Å². The van der Waals surface area contributed by atoms with Gasteiger partial charge >= 0.3 is 0 Å². The van der Waals surface area contributed by atoms with E-state index < -0.39 is 9.84 Å². The first-order valence-electron chi connectivity index (χ1n) is 6.87. The normalized spacial score (nSPS) is 40.3. The van der Waals surface area contributed by atoms with Crippen molar-refractivity contribution in [2.75, 3.05) is 18.6 Å². The standard InChI is InChI=1S/C13H23NO2S/c1-17(15,16)5-4-13(9-14-12-2-3-12)7-10-6-11(10)8-13/h10-12,14H,2-9H2,1H3. The Kier molecular flexibility index (Phi) is 2.78. The van der Waals surface area contributed by atoms with Crippen LogP contribution in [0, 0.1) is 17.3 Å². The Labute approximate surface area is 104 Å². The summed E-state index contributed by atoms with van der Waals surface area (Å²) in [5, 5.41) is 3.62. The first kappa shape index (κ1) is 12.0. The molecule has 3 fully saturated rings. The molecule has 98 valence electrons. The van der Waals surface area contributed by atoms with Crippen LogP contribution in [0.25, 0.3) is 0 Å². The molecule has 4 heteroatoms. The molecule has 0 aromatic rings. The van der Waals surface area contributed by atoms with Crippen molar-refractivity contribution in [1.82, 2.24) is 5.32 Å².